The van der Waals surface area contributed by atoms with Crippen LogP contribution in [0.25, 0.3) is 108 Å². The Kier molecular flexibility index (Phi) is 5.57. The van der Waals surface area contributed by atoms with Crippen LogP contribution < -0.4 is 0 Å². The van der Waals surface area contributed by atoms with Gasteiger partial charge in [0.05, 0.1) is 0 Å². The molecule has 0 saturated carbocycles. The zero-order chi connectivity index (χ0) is 32.1. The first kappa shape index (κ1) is 26.9. The third-order valence-corrected chi connectivity index (χ3v) is 11.2. The van der Waals surface area contributed by atoms with Gasteiger partial charge < -0.3 is 8.83 Å². The second-order valence-electron chi connectivity index (χ2n) is 12.8. The quantitative estimate of drug-likeness (QED) is 0.179. The number of furan rings is 2. The van der Waals surface area contributed by atoms with Gasteiger partial charge in [0, 0.05) is 41.9 Å². The number of hydrogen-bond donors (Lipinski definition) is 0. The summed E-state index contributed by atoms with van der Waals surface area (Å²) in [7, 11) is 0. The highest BCUT2D eigenvalue weighted by Gasteiger charge is 2.24. The second kappa shape index (κ2) is 10.2. The molecule has 0 spiro atoms. The van der Waals surface area contributed by atoms with Crippen molar-refractivity contribution in [1.29, 1.82) is 0 Å². The van der Waals surface area contributed by atoms with Gasteiger partial charge >= 0.3 is 0 Å². The Hall–Kier alpha value is -6.16. The first-order valence-corrected chi connectivity index (χ1v) is 17.4. The molecule has 8 aromatic carbocycles. The Bertz CT molecular complexity index is 3050. The molecule has 0 radical (unpaired) electrons. The SMILES string of the molecule is c1ccc(-c2cc3cc(-c4c5ccccc5c(-c5ccc6c(c5)sc5ccccc56)c5ccccc45)c4c5ccccc5oc4c3o2)cc1. The topological polar surface area (TPSA) is 26.3 Å². The van der Waals surface area contributed by atoms with Gasteiger partial charge in [-0.25, -0.2) is 0 Å². The Morgan fingerprint density at radius 3 is 1.76 bits per heavy atom. The molecule has 0 atom stereocenters. The fourth-order valence-electron chi connectivity index (χ4n) is 7.94. The molecule has 0 N–H and O–H groups in total. The minimum absolute atomic E-state index is 0.774. The summed E-state index contributed by atoms with van der Waals surface area (Å²) in [6.07, 6.45) is 0. The van der Waals surface area contributed by atoms with Crippen LogP contribution in [0.2, 0.25) is 0 Å². The summed E-state index contributed by atoms with van der Waals surface area (Å²) in [4.78, 5) is 0. The molecule has 0 bridgehead atoms. The first-order chi connectivity index (χ1) is 24.3. The molecule has 3 heteroatoms. The van der Waals surface area contributed by atoms with E-state index in [1.165, 1.54) is 58.4 Å². The molecule has 49 heavy (non-hydrogen) atoms. The summed E-state index contributed by atoms with van der Waals surface area (Å²) in [6.45, 7) is 0. The minimum atomic E-state index is 0.774. The van der Waals surface area contributed by atoms with Gasteiger partial charge in [-0.2, -0.15) is 0 Å². The standard InChI is InChI=1S/C46H26O2S/c1-2-12-27(13-3-1)39-25-29-24-37(44-36-19-8-10-20-38(36)47-46(44)45(29)48-39)43-34-17-6-4-15-32(34)42(33-16-5-7-18-35(33)43)28-22-23-31-30-14-9-11-21-40(30)49-41(31)26-28/h1-26H. The van der Waals surface area contributed by atoms with Crippen LogP contribution in [0.3, 0.4) is 0 Å². The molecular weight excluding hydrogens is 617 g/mol. The Morgan fingerprint density at radius 1 is 0.388 bits per heavy atom. The molecule has 0 aliphatic heterocycles. The van der Waals surface area contributed by atoms with Crippen molar-refractivity contribution in [2.45, 2.75) is 0 Å². The summed E-state index contributed by atoms with van der Waals surface area (Å²) in [5.41, 5.74) is 8.30. The molecule has 2 nitrogen and oxygen atoms in total. The molecule has 0 aliphatic carbocycles. The number of fused-ring (bicyclic) bond motifs is 10. The van der Waals surface area contributed by atoms with Crippen LogP contribution in [0.1, 0.15) is 0 Å². The highest BCUT2D eigenvalue weighted by molar-refractivity contribution is 7.25. The summed E-state index contributed by atoms with van der Waals surface area (Å²) < 4.78 is 15.9. The van der Waals surface area contributed by atoms with Crippen molar-refractivity contribution >= 4 is 86.0 Å². The van der Waals surface area contributed by atoms with E-state index in [9.17, 15) is 0 Å². The van der Waals surface area contributed by atoms with E-state index in [0.29, 0.717) is 0 Å². The van der Waals surface area contributed by atoms with Crippen molar-refractivity contribution in [3.8, 4) is 33.6 Å². The molecule has 0 unspecified atom stereocenters. The van der Waals surface area contributed by atoms with E-state index in [1.807, 2.05) is 35.6 Å². The molecule has 11 rings (SSSR count). The van der Waals surface area contributed by atoms with E-state index in [0.717, 1.165) is 49.8 Å². The van der Waals surface area contributed by atoms with Gasteiger partial charge in [-0.1, -0.05) is 127 Å². The van der Waals surface area contributed by atoms with Gasteiger partial charge in [-0.3, -0.25) is 0 Å². The number of rotatable bonds is 3. The fourth-order valence-corrected chi connectivity index (χ4v) is 9.09. The Morgan fingerprint density at radius 2 is 1.00 bits per heavy atom. The molecule has 0 amide bonds. The molecule has 228 valence electrons. The van der Waals surface area contributed by atoms with Gasteiger partial charge in [0.15, 0.2) is 11.2 Å². The molecule has 0 saturated heterocycles. The fraction of sp³-hybridized carbons (Fsp3) is 0. The number of benzene rings is 8. The first-order valence-electron chi connectivity index (χ1n) is 16.6. The maximum atomic E-state index is 6.67. The molecular formula is C46H26O2S. The lowest BCUT2D eigenvalue weighted by molar-refractivity contribution is 0.611. The van der Waals surface area contributed by atoms with Crippen molar-refractivity contribution in [3.05, 3.63) is 158 Å². The predicted octanol–water partition coefficient (Wildman–Crippen LogP) is 14.0. The van der Waals surface area contributed by atoms with Crippen molar-refractivity contribution in [1.82, 2.24) is 0 Å². The molecule has 3 heterocycles. The lowest BCUT2D eigenvalue weighted by Crippen LogP contribution is -1.91. The number of hydrogen-bond acceptors (Lipinski definition) is 3. The molecule has 0 fully saturated rings. The van der Waals surface area contributed by atoms with E-state index in [1.54, 1.807) is 0 Å². The number of para-hydroxylation sites is 1. The third kappa shape index (κ3) is 3.88. The van der Waals surface area contributed by atoms with E-state index in [4.69, 9.17) is 8.83 Å². The van der Waals surface area contributed by atoms with Crippen LogP contribution in [0.4, 0.5) is 0 Å². The summed E-state index contributed by atoms with van der Waals surface area (Å²) in [5.74, 6) is 0.830. The van der Waals surface area contributed by atoms with E-state index in [2.05, 4.69) is 133 Å². The van der Waals surface area contributed by atoms with Crippen LogP contribution in [0.5, 0.6) is 0 Å². The van der Waals surface area contributed by atoms with E-state index in [-0.39, 0.29) is 0 Å². The van der Waals surface area contributed by atoms with Crippen LogP contribution >= 0.6 is 11.3 Å². The van der Waals surface area contributed by atoms with Crippen molar-refractivity contribution < 1.29 is 8.83 Å². The Balaban J connectivity index is 1.26. The second-order valence-corrected chi connectivity index (χ2v) is 13.9. The van der Waals surface area contributed by atoms with Gasteiger partial charge in [-0.15, -0.1) is 11.3 Å². The predicted molar refractivity (Wildman–Crippen MR) is 208 cm³/mol. The largest absolute Gasteiger partial charge is 0.452 e. The highest BCUT2D eigenvalue weighted by Crippen LogP contribution is 2.50. The van der Waals surface area contributed by atoms with Crippen LogP contribution in [0, 0.1) is 0 Å². The summed E-state index contributed by atoms with van der Waals surface area (Å²) >= 11 is 1.87. The maximum Gasteiger partial charge on any atom is 0.179 e. The third-order valence-electron chi connectivity index (χ3n) is 10.1. The van der Waals surface area contributed by atoms with Gasteiger partial charge in [0.1, 0.15) is 11.3 Å². The van der Waals surface area contributed by atoms with Crippen LogP contribution in [-0.4, -0.2) is 0 Å². The van der Waals surface area contributed by atoms with Crippen molar-refractivity contribution in [2.75, 3.05) is 0 Å². The highest BCUT2D eigenvalue weighted by atomic mass is 32.1. The number of thiophene rings is 1. The zero-order valence-electron chi connectivity index (χ0n) is 26.2. The van der Waals surface area contributed by atoms with Gasteiger partial charge in [0.25, 0.3) is 0 Å². The van der Waals surface area contributed by atoms with Crippen LogP contribution in [-0.2, 0) is 0 Å². The zero-order valence-corrected chi connectivity index (χ0v) is 27.1. The minimum Gasteiger partial charge on any atom is -0.452 e. The van der Waals surface area contributed by atoms with E-state index < -0.39 is 0 Å². The summed E-state index contributed by atoms with van der Waals surface area (Å²) in [6, 6.07) is 56.6. The molecule has 11 aromatic rings. The Labute approximate surface area is 285 Å². The monoisotopic (exact) mass is 642 g/mol. The smallest absolute Gasteiger partial charge is 0.179 e. The normalized spacial score (nSPS) is 12.1. The van der Waals surface area contributed by atoms with Crippen molar-refractivity contribution in [2.24, 2.45) is 0 Å². The van der Waals surface area contributed by atoms with Crippen molar-refractivity contribution in [3.63, 3.8) is 0 Å². The average molecular weight is 643 g/mol. The lowest BCUT2D eigenvalue weighted by atomic mass is 9.84. The lowest BCUT2D eigenvalue weighted by Gasteiger charge is -2.18. The molecule has 3 aromatic heterocycles. The van der Waals surface area contributed by atoms with Crippen LogP contribution in [0.15, 0.2) is 167 Å². The molecule has 0 aliphatic rings. The van der Waals surface area contributed by atoms with E-state index >= 15 is 0 Å². The average Bonchev–Trinajstić information content (AvgIpc) is 3.87. The summed E-state index contributed by atoms with van der Waals surface area (Å²) in [5, 5.41) is 10.7. The van der Waals surface area contributed by atoms with Gasteiger partial charge in [0.2, 0.25) is 0 Å². The maximum absolute atomic E-state index is 6.67. The van der Waals surface area contributed by atoms with Gasteiger partial charge in [-0.05, 0) is 74.1 Å².